The lowest BCUT2D eigenvalue weighted by molar-refractivity contribution is -0.122. The van der Waals surface area contributed by atoms with Gasteiger partial charge in [-0.15, -0.1) is 0 Å². The molecule has 1 aromatic rings. The van der Waals surface area contributed by atoms with E-state index < -0.39 is 16.1 Å². The summed E-state index contributed by atoms with van der Waals surface area (Å²) in [6.45, 7) is 10.1. The Hall–Kier alpha value is -1.60. The van der Waals surface area contributed by atoms with Gasteiger partial charge in [-0.2, -0.15) is 4.72 Å². The van der Waals surface area contributed by atoms with Gasteiger partial charge in [0.15, 0.2) is 0 Å². The van der Waals surface area contributed by atoms with Crippen LogP contribution in [0.1, 0.15) is 33.3 Å². The third-order valence-corrected chi connectivity index (χ3v) is 4.70. The van der Waals surface area contributed by atoms with Crippen molar-refractivity contribution in [2.45, 2.75) is 45.6 Å². The standard InChI is InChI=1S/C16H26N2O4S/c1-6-22-15-8-7-14(9-12(15)4)23(20,21)18-13(5)16(19)17-10-11(2)3/h7-9,11,13,18H,6,10H2,1-5H3,(H,17,19)/t13-/m0/s1. The normalized spacial score (nSPS) is 13.0. The van der Waals surface area contributed by atoms with Gasteiger partial charge in [0.25, 0.3) is 0 Å². The van der Waals surface area contributed by atoms with Crippen LogP contribution in [-0.4, -0.2) is 33.5 Å². The fourth-order valence-corrected chi connectivity index (χ4v) is 3.21. The summed E-state index contributed by atoms with van der Waals surface area (Å²) in [5.74, 6) is 0.607. The molecule has 1 amide bonds. The average molecular weight is 342 g/mol. The number of rotatable bonds is 8. The van der Waals surface area contributed by atoms with Crippen LogP contribution >= 0.6 is 0 Å². The SMILES string of the molecule is CCOc1ccc(S(=O)(=O)N[C@@H](C)C(=O)NCC(C)C)cc1C. The Morgan fingerprint density at radius 1 is 1.26 bits per heavy atom. The van der Waals surface area contributed by atoms with E-state index in [2.05, 4.69) is 10.0 Å². The highest BCUT2D eigenvalue weighted by molar-refractivity contribution is 7.89. The molecule has 0 aliphatic carbocycles. The highest BCUT2D eigenvalue weighted by Crippen LogP contribution is 2.21. The number of carbonyl (C=O) groups excluding carboxylic acids is 1. The van der Waals surface area contributed by atoms with Crippen LogP contribution in [0.2, 0.25) is 0 Å². The molecule has 23 heavy (non-hydrogen) atoms. The minimum absolute atomic E-state index is 0.113. The first kappa shape index (κ1) is 19.4. The molecule has 0 spiro atoms. The lowest BCUT2D eigenvalue weighted by Gasteiger charge is -2.16. The van der Waals surface area contributed by atoms with E-state index in [1.54, 1.807) is 13.0 Å². The number of carbonyl (C=O) groups is 1. The van der Waals surface area contributed by atoms with Crippen molar-refractivity contribution in [2.24, 2.45) is 5.92 Å². The Bertz CT molecular complexity index is 641. The third kappa shape index (κ3) is 5.84. The number of hydrogen-bond acceptors (Lipinski definition) is 4. The van der Waals surface area contributed by atoms with Crippen molar-refractivity contribution in [3.8, 4) is 5.75 Å². The number of aryl methyl sites for hydroxylation is 1. The fraction of sp³-hybridized carbons (Fsp3) is 0.562. The third-order valence-electron chi connectivity index (χ3n) is 3.17. The van der Waals surface area contributed by atoms with Gasteiger partial charge in [-0.05, 0) is 50.5 Å². The van der Waals surface area contributed by atoms with E-state index in [1.165, 1.54) is 19.1 Å². The van der Waals surface area contributed by atoms with Crippen LogP contribution in [0, 0.1) is 12.8 Å². The van der Waals surface area contributed by atoms with Gasteiger partial charge >= 0.3 is 0 Å². The Labute approximate surface area is 138 Å². The maximum Gasteiger partial charge on any atom is 0.241 e. The Morgan fingerprint density at radius 3 is 2.43 bits per heavy atom. The lowest BCUT2D eigenvalue weighted by atomic mass is 10.2. The first-order valence-corrected chi connectivity index (χ1v) is 9.19. The van der Waals surface area contributed by atoms with E-state index in [0.29, 0.717) is 24.8 Å². The second kappa shape index (κ2) is 8.31. The van der Waals surface area contributed by atoms with Crippen LogP contribution in [0.25, 0.3) is 0 Å². The maximum atomic E-state index is 12.4. The number of nitrogens with one attached hydrogen (secondary N) is 2. The van der Waals surface area contributed by atoms with Gasteiger partial charge in [-0.1, -0.05) is 13.8 Å². The summed E-state index contributed by atoms with van der Waals surface area (Å²) in [4.78, 5) is 12.0. The fourth-order valence-electron chi connectivity index (χ4n) is 1.92. The second-order valence-electron chi connectivity index (χ2n) is 5.84. The molecule has 0 heterocycles. The van der Waals surface area contributed by atoms with Gasteiger partial charge in [0, 0.05) is 6.54 Å². The van der Waals surface area contributed by atoms with Crippen molar-refractivity contribution in [3.63, 3.8) is 0 Å². The summed E-state index contributed by atoms with van der Waals surface area (Å²) >= 11 is 0. The number of ether oxygens (including phenoxy) is 1. The maximum absolute atomic E-state index is 12.4. The predicted octanol–water partition coefficient (Wildman–Crippen LogP) is 1.83. The van der Waals surface area contributed by atoms with Crippen molar-refractivity contribution in [1.29, 1.82) is 0 Å². The topological polar surface area (TPSA) is 84.5 Å². The highest BCUT2D eigenvalue weighted by atomic mass is 32.2. The number of sulfonamides is 1. The number of hydrogen-bond donors (Lipinski definition) is 2. The molecule has 1 atom stereocenters. The molecule has 0 unspecified atom stereocenters. The summed E-state index contributed by atoms with van der Waals surface area (Å²) in [7, 11) is -3.76. The Balaban J connectivity index is 2.82. The quantitative estimate of drug-likeness (QED) is 0.755. The van der Waals surface area contributed by atoms with Gasteiger partial charge in [0.1, 0.15) is 5.75 Å². The van der Waals surface area contributed by atoms with Crippen LogP contribution < -0.4 is 14.8 Å². The molecule has 0 fully saturated rings. The molecular weight excluding hydrogens is 316 g/mol. The number of amides is 1. The second-order valence-corrected chi connectivity index (χ2v) is 7.56. The van der Waals surface area contributed by atoms with Crippen molar-refractivity contribution < 1.29 is 17.9 Å². The molecule has 0 saturated heterocycles. The molecule has 1 rings (SSSR count). The molecule has 130 valence electrons. The summed E-state index contributed by atoms with van der Waals surface area (Å²) < 4.78 is 32.5. The highest BCUT2D eigenvalue weighted by Gasteiger charge is 2.22. The first-order valence-electron chi connectivity index (χ1n) is 7.70. The van der Waals surface area contributed by atoms with E-state index in [-0.39, 0.29) is 10.8 Å². The molecule has 0 saturated carbocycles. The smallest absolute Gasteiger partial charge is 0.241 e. The van der Waals surface area contributed by atoms with E-state index in [0.717, 1.165) is 5.56 Å². The molecule has 6 nitrogen and oxygen atoms in total. The molecule has 7 heteroatoms. The van der Waals surface area contributed by atoms with E-state index in [4.69, 9.17) is 4.74 Å². The summed E-state index contributed by atoms with van der Waals surface area (Å²) in [6.07, 6.45) is 0. The van der Waals surface area contributed by atoms with Gasteiger partial charge in [-0.3, -0.25) is 4.79 Å². The van der Waals surface area contributed by atoms with Crippen LogP contribution in [0.3, 0.4) is 0 Å². The minimum Gasteiger partial charge on any atom is -0.494 e. The summed E-state index contributed by atoms with van der Waals surface area (Å²) in [5.41, 5.74) is 0.728. The molecule has 0 radical (unpaired) electrons. The molecule has 0 bridgehead atoms. The van der Waals surface area contributed by atoms with Gasteiger partial charge < -0.3 is 10.1 Å². The van der Waals surface area contributed by atoms with Crippen LogP contribution in [-0.2, 0) is 14.8 Å². The molecule has 1 aromatic carbocycles. The zero-order valence-corrected chi connectivity index (χ0v) is 15.2. The molecular formula is C16H26N2O4S. The monoisotopic (exact) mass is 342 g/mol. The molecule has 0 aliphatic heterocycles. The molecule has 0 aromatic heterocycles. The lowest BCUT2D eigenvalue weighted by Crippen LogP contribution is -2.45. The summed E-state index contributed by atoms with van der Waals surface area (Å²) in [5, 5.41) is 2.71. The van der Waals surface area contributed by atoms with Crippen LogP contribution in [0.4, 0.5) is 0 Å². The first-order chi connectivity index (χ1) is 10.7. The van der Waals surface area contributed by atoms with Gasteiger partial charge in [0.05, 0.1) is 17.5 Å². The average Bonchev–Trinajstić information content (AvgIpc) is 2.46. The van der Waals surface area contributed by atoms with Gasteiger partial charge in [0.2, 0.25) is 15.9 Å². The largest absolute Gasteiger partial charge is 0.494 e. The predicted molar refractivity (Wildman–Crippen MR) is 90.0 cm³/mol. The zero-order valence-electron chi connectivity index (χ0n) is 14.3. The zero-order chi connectivity index (χ0) is 17.6. The Morgan fingerprint density at radius 2 is 1.91 bits per heavy atom. The summed E-state index contributed by atoms with van der Waals surface area (Å²) in [6, 6.07) is 3.79. The van der Waals surface area contributed by atoms with E-state index in [9.17, 15) is 13.2 Å². The Kier molecular flexibility index (Phi) is 7.02. The minimum atomic E-state index is -3.76. The van der Waals surface area contributed by atoms with Gasteiger partial charge in [-0.25, -0.2) is 8.42 Å². The van der Waals surface area contributed by atoms with Crippen molar-refractivity contribution in [2.75, 3.05) is 13.2 Å². The van der Waals surface area contributed by atoms with E-state index in [1.807, 2.05) is 20.8 Å². The number of benzene rings is 1. The van der Waals surface area contributed by atoms with Crippen LogP contribution in [0.5, 0.6) is 5.75 Å². The van der Waals surface area contributed by atoms with E-state index >= 15 is 0 Å². The molecule has 0 aliphatic rings. The van der Waals surface area contributed by atoms with Crippen molar-refractivity contribution >= 4 is 15.9 Å². The van der Waals surface area contributed by atoms with Crippen molar-refractivity contribution in [3.05, 3.63) is 23.8 Å². The molecule has 2 N–H and O–H groups in total. The van der Waals surface area contributed by atoms with Crippen molar-refractivity contribution in [1.82, 2.24) is 10.0 Å². The van der Waals surface area contributed by atoms with Crippen LogP contribution in [0.15, 0.2) is 23.1 Å².